The molecule has 11 heteroatoms. The monoisotopic (exact) mass is 443 g/mol. The van der Waals surface area contributed by atoms with Crippen LogP contribution in [0.25, 0.3) is 0 Å². The molecule has 0 spiro atoms. The van der Waals surface area contributed by atoms with E-state index in [0.717, 1.165) is 31.4 Å². The summed E-state index contributed by atoms with van der Waals surface area (Å²) in [5, 5.41) is 11.2. The van der Waals surface area contributed by atoms with Gasteiger partial charge in [0.15, 0.2) is 0 Å². The van der Waals surface area contributed by atoms with Crippen molar-refractivity contribution >= 4 is 12.1 Å². The number of hydrogen-bond donors (Lipinski definition) is 4. The third-order valence-electron chi connectivity index (χ3n) is 5.46. The van der Waals surface area contributed by atoms with E-state index < -0.39 is 17.8 Å². The fourth-order valence-corrected chi connectivity index (χ4v) is 3.83. The van der Waals surface area contributed by atoms with Gasteiger partial charge in [0.25, 0.3) is 0 Å². The summed E-state index contributed by atoms with van der Waals surface area (Å²) < 4.78 is 44.8. The lowest BCUT2D eigenvalue weighted by molar-refractivity contribution is -0.137. The first kappa shape index (κ1) is 23.0. The first-order chi connectivity index (χ1) is 14.6. The highest BCUT2D eigenvalue weighted by Crippen LogP contribution is 2.33. The third-order valence-corrected chi connectivity index (χ3v) is 5.46. The van der Waals surface area contributed by atoms with E-state index in [1.807, 2.05) is 19.0 Å². The van der Waals surface area contributed by atoms with E-state index >= 15 is 0 Å². The smallest absolute Gasteiger partial charge is 0.416 e. The van der Waals surface area contributed by atoms with Gasteiger partial charge in [-0.1, -0.05) is 6.07 Å². The number of urea groups is 2. The molecule has 1 aliphatic heterocycles. The molecule has 0 bridgehead atoms. The minimum absolute atomic E-state index is 0.00664. The summed E-state index contributed by atoms with van der Waals surface area (Å²) in [5.41, 5.74) is -0.363. The molecule has 3 rings (SSSR count). The highest BCUT2D eigenvalue weighted by Gasteiger charge is 2.40. The highest BCUT2D eigenvalue weighted by molar-refractivity contribution is 5.78. The van der Waals surface area contributed by atoms with Crippen LogP contribution in [0.3, 0.4) is 0 Å². The number of nitrogens with zero attached hydrogens (tertiary/aromatic N) is 1. The summed E-state index contributed by atoms with van der Waals surface area (Å²) in [6.07, 6.45) is -2.03. The van der Waals surface area contributed by atoms with Gasteiger partial charge in [-0.05, 0) is 45.5 Å². The molecule has 4 amide bonds. The molecule has 8 nitrogen and oxygen atoms in total. The van der Waals surface area contributed by atoms with Crippen LogP contribution in [0.4, 0.5) is 22.8 Å². The lowest BCUT2D eigenvalue weighted by Gasteiger charge is -2.32. The van der Waals surface area contributed by atoms with E-state index in [0.29, 0.717) is 12.1 Å². The van der Waals surface area contributed by atoms with E-state index in [-0.39, 0.29) is 43.1 Å². The Labute approximate surface area is 178 Å². The zero-order valence-corrected chi connectivity index (χ0v) is 17.5. The first-order valence-corrected chi connectivity index (χ1v) is 10.2. The van der Waals surface area contributed by atoms with E-state index in [9.17, 15) is 22.8 Å². The van der Waals surface area contributed by atoms with Gasteiger partial charge in [-0.2, -0.15) is 13.2 Å². The Balaban J connectivity index is 1.61. The number of likely N-dealkylation sites (N-methyl/N-ethyl adjacent to an activating group) is 1. The molecule has 0 radical (unpaired) electrons. The molecule has 31 heavy (non-hydrogen) atoms. The Bertz CT molecular complexity index is 803. The van der Waals surface area contributed by atoms with Crippen molar-refractivity contribution in [1.82, 2.24) is 26.2 Å². The molecule has 1 aliphatic carbocycles. The molecule has 1 saturated heterocycles. The zero-order valence-electron chi connectivity index (χ0n) is 17.5. The van der Waals surface area contributed by atoms with Crippen molar-refractivity contribution in [3.63, 3.8) is 0 Å². The van der Waals surface area contributed by atoms with Crippen molar-refractivity contribution in [2.75, 3.05) is 27.2 Å². The summed E-state index contributed by atoms with van der Waals surface area (Å²) in [5.74, 6) is 0.0851. The fraction of sp³-hybridized carbons (Fsp3) is 0.600. The molecular formula is C20H28F3N5O3. The van der Waals surface area contributed by atoms with Crippen LogP contribution < -0.4 is 26.0 Å². The van der Waals surface area contributed by atoms with Crippen LogP contribution in [0, 0.1) is 0 Å². The van der Waals surface area contributed by atoms with E-state index in [1.165, 1.54) is 6.07 Å². The summed E-state index contributed by atoms with van der Waals surface area (Å²) in [4.78, 5) is 25.8. The molecule has 172 valence electrons. The van der Waals surface area contributed by atoms with Gasteiger partial charge in [-0.3, -0.25) is 0 Å². The van der Waals surface area contributed by atoms with Crippen LogP contribution >= 0.6 is 0 Å². The van der Waals surface area contributed by atoms with Crippen molar-refractivity contribution in [2.45, 2.75) is 50.1 Å². The Morgan fingerprint density at radius 2 is 2.03 bits per heavy atom. The molecule has 2 fully saturated rings. The molecule has 3 unspecified atom stereocenters. The predicted molar refractivity (Wildman–Crippen MR) is 108 cm³/mol. The van der Waals surface area contributed by atoms with Gasteiger partial charge in [-0.25, -0.2) is 9.59 Å². The summed E-state index contributed by atoms with van der Waals surface area (Å²) in [7, 11) is 3.67. The maximum Gasteiger partial charge on any atom is 0.416 e. The Kier molecular flexibility index (Phi) is 7.14. The van der Waals surface area contributed by atoms with Gasteiger partial charge in [0.1, 0.15) is 12.4 Å². The summed E-state index contributed by atoms with van der Waals surface area (Å²) in [6.45, 7) is 0.756. The maximum atomic E-state index is 13.1. The second-order valence-corrected chi connectivity index (χ2v) is 8.09. The molecule has 0 aromatic heterocycles. The Morgan fingerprint density at radius 3 is 2.74 bits per heavy atom. The molecule has 1 heterocycles. The maximum absolute atomic E-state index is 13.1. The van der Waals surface area contributed by atoms with Crippen LogP contribution in [0.15, 0.2) is 18.2 Å². The highest BCUT2D eigenvalue weighted by atomic mass is 19.4. The van der Waals surface area contributed by atoms with Gasteiger partial charge in [0.2, 0.25) is 0 Å². The second-order valence-electron chi connectivity index (χ2n) is 8.09. The summed E-state index contributed by atoms with van der Waals surface area (Å²) >= 11 is 0. The van der Waals surface area contributed by atoms with E-state index in [4.69, 9.17) is 4.74 Å². The molecule has 2 aliphatic rings. The topological polar surface area (TPSA) is 94.7 Å². The molecule has 1 aromatic rings. The minimum Gasteiger partial charge on any atom is -0.492 e. The van der Waals surface area contributed by atoms with Crippen molar-refractivity contribution < 1.29 is 27.5 Å². The number of halogens is 3. The number of hydrogen-bond acceptors (Lipinski definition) is 4. The standard InChI is InChI=1S/C20H28F3N5O3/c1-28(2)8-9-31-16-10-13(20(21,22)23)7-6-12(16)11-24-18(29)25-14-4-3-5-15-17(14)27-19(30)26-15/h6-7,10,14-15,17H,3-5,8-9,11H2,1-2H3,(H2,24,25,29)(H2,26,27,30). The normalized spacial score (nSPS) is 23.0. The number of carbonyl (C=O) groups excluding carboxylic acids is 2. The number of fused-ring (bicyclic) bond motifs is 1. The van der Waals surface area contributed by atoms with Gasteiger partial charge in [0, 0.05) is 18.7 Å². The number of ether oxygens (including phenoxy) is 1. The first-order valence-electron chi connectivity index (χ1n) is 10.2. The van der Waals surface area contributed by atoms with Crippen molar-refractivity contribution in [3.05, 3.63) is 29.3 Å². The predicted octanol–water partition coefficient (Wildman–Crippen LogP) is 2.05. The van der Waals surface area contributed by atoms with Gasteiger partial charge in [0.05, 0.1) is 23.7 Å². The van der Waals surface area contributed by atoms with Crippen LogP contribution in [-0.2, 0) is 12.7 Å². The lowest BCUT2D eigenvalue weighted by atomic mass is 9.87. The van der Waals surface area contributed by atoms with E-state index in [1.54, 1.807) is 0 Å². The third kappa shape index (κ3) is 6.16. The average Bonchev–Trinajstić information content (AvgIpc) is 3.07. The number of carbonyl (C=O) groups is 2. The Hall–Kier alpha value is -2.69. The van der Waals surface area contributed by atoms with Gasteiger partial charge < -0.3 is 30.9 Å². The Morgan fingerprint density at radius 1 is 1.26 bits per heavy atom. The number of rotatable bonds is 7. The second kappa shape index (κ2) is 9.63. The minimum atomic E-state index is -4.49. The van der Waals surface area contributed by atoms with Crippen LogP contribution in [0.5, 0.6) is 5.75 Å². The SMILES string of the molecule is CN(C)CCOc1cc(C(F)(F)F)ccc1CNC(=O)NC1CCCC2NC(=O)NC12. The van der Waals surface area contributed by atoms with Crippen LogP contribution in [-0.4, -0.2) is 62.3 Å². The van der Waals surface area contributed by atoms with Crippen molar-refractivity contribution in [3.8, 4) is 5.75 Å². The number of benzene rings is 1. The largest absolute Gasteiger partial charge is 0.492 e. The van der Waals surface area contributed by atoms with Crippen LogP contribution in [0.2, 0.25) is 0 Å². The number of alkyl halides is 3. The van der Waals surface area contributed by atoms with Crippen molar-refractivity contribution in [1.29, 1.82) is 0 Å². The number of amides is 4. The van der Waals surface area contributed by atoms with Crippen LogP contribution in [0.1, 0.15) is 30.4 Å². The summed E-state index contributed by atoms with van der Waals surface area (Å²) in [6, 6.07) is 2.13. The molecule has 4 N–H and O–H groups in total. The zero-order chi connectivity index (χ0) is 22.6. The molecule has 1 saturated carbocycles. The van der Waals surface area contributed by atoms with E-state index in [2.05, 4.69) is 21.3 Å². The van der Waals surface area contributed by atoms with Crippen molar-refractivity contribution in [2.24, 2.45) is 0 Å². The molecule has 1 aromatic carbocycles. The van der Waals surface area contributed by atoms with Gasteiger partial charge in [-0.15, -0.1) is 0 Å². The number of nitrogens with one attached hydrogen (secondary N) is 4. The molecular weight excluding hydrogens is 415 g/mol. The quantitative estimate of drug-likeness (QED) is 0.519. The lowest BCUT2D eigenvalue weighted by Crippen LogP contribution is -2.56. The average molecular weight is 443 g/mol. The molecule has 3 atom stereocenters. The fourth-order valence-electron chi connectivity index (χ4n) is 3.83. The van der Waals surface area contributed by atoms with Gasteiger partial charge >= 0.3 is 18.2 Å².